The third kappa shape index (κ3) is 5.49. The normalized spacial score (nSPS) is 18.0. The monoisotopic (exact) mass is 500 g/mol. The lowest BCUT2D eigenvalue weighted by Gasteiger charge is -2.22. The molecule has 1 unspecified atom stereocenters. The van der Waals surface area contributed by atoms with Gasteiger partial charge in [0.25, 0.3) is 0 Å². The second-order valence-electron chi connectivity index (χ2n) is 6.86. The van der Waals surface area contributed by atoms with Gasteiger partial charge in [-0.05, 0) is 37.5 Å². The molecule has 1 aromatic carbocycles. The molecule has 2 saturated heterocycles. The van der Waals surface area contributed by atoms with Crippen LogP contribution in [0.3, 0.4) is 0 Å². The van der Waals surface area contributed by atoms with Crippen LogP contribution in [0.1, 0.15) is 31.4 Å². The van der Waals surface area contributed by atoms with Gasteiger partial charge in [-0.25, -0.2) is 4.79 Å². The van der Waals surface area contributed by atoms with Crippen LogP contribution < -0.4 is 20.9 Å². The Kier molecular flexibility index (Phi) is 8.34. The molecule has 0 bridgehead atoms. The molecule has 3 N–H and O–H groups in total. The summed E-state index contributed by atoms with van der Waals surface area (Å²) < 4.78 is 0. The Bertz CT molecular complexity index is 704. The van der Waals surface area contributed by atoms with E-state index in [4.69, 9.17) is 0 Å². The van der Waals surface area contributed by atoms with E-state index in [-0.39, 0.29) is 48.5 Å². The van der Waals surface area contributed by atoms with Crippen LogP contribution in [0.5, 0.6) is 0 Å². The maximum absolute atomic E-state index is 11.6. The lowest BCUT2D eigenvalue weighted by molar-refractivity contribution is -0.124. The molecular weight excluding hydrogens is 471 g/mol. The number of nitrogens with zero attached hydrogens (tertiary/aromatic N) is 3. The molecule has 28 heavy (non-hydrogen) atoms. The zero-order chi connectivity index (χ0) is 19.2. The lowest BCUT2D eigenvalue weighted by Crippen LogP contribution is -2.43. The summed E-state index contributed by atoms with van der Waals surface area (Å²) in [6.45, 7) is 5.17. The summed E-state index contributed by atoms with van der Waals surface area (Å²) in [6, 6.07) is 8.33. The summed E-state index contributed by atoms with van der Waals surface area (Å²) in [6.07, 6.45) is 2.51. The number of carbonyl (C=O) groups is 2. The average Bonchev–Trinajstić information content (AvgIpc) is 3.32. The van der Waals surface area contributed by atoms with Crippen molar-refractivity contribution in [3.63, 3.8) is 0 Å². The molecule has 2 aliphatic rings. The molecule has 9 heteroatoms. The minimum Gasteiger partial charge on any atom is -0.372 e. The van der Waals surface area contributed by atoms with Gasteiger partial charge in [-0.2, -0.15) is 0 Å². The second kappa shape index (κ2) is 10.5. The van der Waals surface area contributed by atoms with Gasteiger partial charge >= 0.3 is 6.03 Å². The number of rotatable bonds is 6. The molecule has 1 aromatic rings. The van der Waals surface area contributed by atoms with E-state index in [2.05, 4.69) is 57.0 Å². The van der Waals surface area contributed by atoms with E-state index >= 15 is 0 Å². The van der Waals surface area contributed by atoms with Gasteiger partial charge in [0.15, 0.2) is 5.96 Å². The summed E-state index contributed by atoms with van der Waals surface area (Å²) >= 11 is 0. The van der Waals surface area contributed by atoms with Crippen molar-refractivity contribution < 1.29 is 9.59 Å². The number of guanidine groups is 1. The van der Waals surface area contributed by atoms with Crippen LogP contribution in [0.4, 0.5) is 10.5 Å². The molecule has 0 saturated carbocycles. The number of carbonyl (C=O) groups excluding carboxylic acids is 2. The molecule has 3 amide bonds. The van der Waals surface area contributed by atoms with E-state index in [0.29, 0.717) is 19.0 Å². The molecule has 2 heterocycles. The number of imide groups is 1. The maximum Gasteiger partial charge on any atom is 0.324 e. The largest absolute Gasteiger partial charge is 0.372 e. The Hall–Kier alpha value is -2.04. The van der Waals surface area contributed by atoms with E-state index in [9.17, 15) is 9.59 Å². The van der Waals surface area contributed by atoms with Gasteiger partial charge in [-0.15, -0.1) is 24.0 Å². The van der Waals surface area contributed by atoms with Crippen molar-refractivity contribution in [2.24, 2.45) is 4.99 Å². The van der Waals surface area contributed by atoms with Crippen LogP contribution in [-0.4, -0.2) is 62.6 Å². The zero-order valence-corrected chi connectivity index (χ0v) is 18.7. The van der Waals surface area contributed by atoms with Gasteiger partial charge in [0.05, 0.1) is 12.6 Å². The van der Waals surface area contributed by atoms with Crippen LogP contribution in [0, 0.1) is 0 Å². The number of hydrogen-bond donors (Lipinski definition) is 3. The van der Waals surface area contributed by atoms with Crippen molar-refractivity contribution in [2.45, 2.75) is 25.8 Å². The molecule has 0 spiro atoms. The van der Waals surface area contributed by atoms with Gasteiger partial charge in [0.1, 0.15) is 0 Å². The number of halogens is 1. The average molecular weight is 500 g/mol. The number of hydrogen-bond acceptors (Lipinski definition) is 4. The molecular formula is C19H29IN6O2. The van der Waals surface area contributed by atoms with E-state index in [0.717, 1.165) is 13.1 Å². The van der Waals surface area contributed by atoms with E-state index < -0.39 is 0 Å². The minimum absolute atomic E-state index is 0. The van der Waals surface area contributed by atoms with E-state index in [1.807, 2.05) is 0 Å². The Labute approximate surface area is 183 Å². The van der Waals surface area contributed by atoms with Crippen LogP contribution in [-0.2, 0) is 4.79 Å². The highest BCUT2D eigenvalue weighted by molar-refractivity contribution is 14.0. The van der Waals surface area contributed by atoms with Gasteiger partial charge in [-0.1, -0.05) is 12.1 Å². The Morgan fingerprint density at radius 1 is 1.29 bits per heavy atom. The first-order valence-corrected chi connectivity index (χ1v) is 9.49. The maximum atomic E-state index is 11.6. The Morgan fingerprint density at radius 2 is 2.04 bits per heavy atom. The first-order chi connectivity index (χ1) is 13.1. The summed E-state index contributed by atoms with van der Waals surface area (Å²) in [5.41, 5.74) is 2.46. The van der Waals surface area contributed by atoms with Crippen molar-refractivity contribution in [1.29, 1.82) is 0 Å². The van der Waals surface area contributed by atoms with Gasteiger partial charge in [-0.3, -0.25) is 14.7 Å². The molecule has 3 rings (SSSR count). The summed E-state index contributed by atoms with van der Waals surface area (Å²) in [5, 5.41) is 9.04. The molecule has 2 aliphatic heterocycles. The Morgan fingerprint density at radius 3 is 2.68 bits per heavy atom. The third-order valence-corrected chi connectivity index (χ3v) is 4.98. The highest BCUT2D eigenvalue weighted by Crippen LogP contribution is 2.23. The summed E-state index contributed by atoms with van der Waals surface area (Å²) in [4.78, 5) is 31.0. The molecule has 8 nitrogen and oxygen atoms in total. The number of benzene rings is 1. The molecule has 0 aliphatic carbocycles. The van der Waals surface area contributed by atoms with Crippen LogP contribution in [0.25, 0.3) is 0 Å². The van der Waals surface area contributed by atoms with Crippen molar-refractivity contribution in [1.82, 2.24) is 20.9 Å². The highest BCUT2D eigenvalue weighted by atomic mass is 127. The van der Waals surface area contributed by atoms with Crippen LogP contribution in [0.15, 0.2) is 29.3 Å². The lowest BCUT2D eigenvalue weighted by atomic mass is 10.1. The molecule has 154 valence electrons. The predicted octanol–water partition coefficient (Wildman–Crippen LogP) is 1.68. The standard InChI is InChI=1S/C19H28N6O2.HI/c1-14(15-6-5-7-16(12-15)24-9-3-4-10-24)23-18(20-2)21-8-11-25-17(26)13-22-19(25)27;/h5-7,12,14H,3-4,8-11,13H2,1-2H3,(H,22,27)(H2,20,21,23);1H. The van der Waals surface area contributed by atoms with E-state index in [1.165, 1.54) is 29.0 Å². The number of urea groups is 1. The van der Waals surface area contributed by atoms with Gasteiger partial charge in [0, 0.05) is 38.9 Å². The van der Waals surface area contributed by atoms with E-state index in [1.54, 1.807) is 7.05 Å². The van der Waals surface area contributed by atoms with Crippen LogP contribution in [0.2, 0.25) is 0 Å². The Balaban J connectivity index is 0.00000280. The molecule has 0 aromatic heterocycles. The van der Waals surface area contributed by atoms with Crippen molar-refractivity contribution in [3.05, 3.63) is 29.8 Å². The molecule has 0 radical (unpaired) electrons. The van der Waals surface area contributed by atoms with Crippen LogP contribution >= 0.6 is 24.0 Å². The fourth-order valence-electron chi connectivity index (χ4n) is 3.42. The SMILES string of the molecule is CN=C(NCCN1C(=O)CNC1=O)NC(C)c1cccc(N2CCCC2)c1.I. The van der Waals surface area contributed by atoms with Crippen molar-refractivity contribution in [2.75, 3.05) is 44.7 Å². The van der Waals surface area contributed by atoms with Crippen molar-refractivity contribution in [3.8, 4) is 0 Å². The second-order valence-corrected chi connectivity index (χ2v) is 6.86. The smallest absolute Gasteiger partial charge is 0.324 e. The van der Waals surface area contributed by atoms with Gasteiger partial charge in [0.2, 0.25) is 5.91 Å². The quantitative estimate of drug-likeness (QED) is 0.240. The number of aliphatic imine (C=N–C) groups is 1. The fourth-order valence-corrected chi connectivity index (χ4v) is 3.42. The highest BCUT2D eigenvalue weighted by Gasteiger charge is 2.27. The first kappa shape index (κ1) is 22.3. The molecule has 1 atom stereocenters. The topological polar surface area (TPSA) is 89.1 Å². The van der Waals surface area contributed by atoms with Gasteiger partial charge < -0.3 is 20.9 Å². The molecule has 2 fully saturated rings. The number of nitrogens with one attached hydrogen (secondary N) is 3. The summed E-state index contributed by atoms with van der Waals surface area (Å²) in [7, 11) is 1.70. The predicted molar refractivity (Wildman–Crippen MR) is 121 cm³/mol. The fraction of sp³-hybridized carbons (Fsp3) is 0.526. The summed E-state index contributed by atoms with van der Waals surface area (Å²) in [5.74, 6) is 0.443. The number of amides is 3. The van der Waals surface area contributed by atoms with Crippen molar-refractivity contribution >= 4 is 47.6 Å². The zero-order valence-electron chi connectivity index (χ0n) is 16.4. The third-order valence-electron chi connectivity index (χ3n) is 4.98. The first-order valence-electron chi connectivity index (χ1n) is 9.49. The number of anilines is 1. The minimum atomic E-state index is -0.336.